The highest BCUT2D eigenvalue weighted by atomic mass is 32.2. The number of hydrogen-bond donors (Lipinski definition) is 1. The topological polar surface area (TPSA) is 70.7 Å². The van der Waals surface area contributed by atoms with Gasteiger partial charge in [0.05, 0.1) is 12.1 Å². The zero-order chi connectivity index (χ0) is 23.8. The maximum absolute atomic E-state index is 12.7. The molecular weight excluding hydrogens is 444 g/mol. The summed E-state index contributed by atoms with van der Waals surface area (Å²) >= 11 is 1.41. The van der Waals surface area contributed by atoms with Crippen LogP contribution in [-0.4, -0.2) is 33.0 Å². The number of aliphatic imine (C=N–C) groups is 1. The van der Waals surface area contributed by atoms with Crippen LogP contribution in [0, 0.1) is 12.3 Å². The summed E-state index contributed by atoms with van der Waals surface area (Å²) in [7, 11) is 0. The molecule has 0 saturated carbocycles. The van der Waals surface area contributed by atoms with Crippen LogP contribution in [-0.2, 0) is 17.8 Å². The van der Waals surface area contributed by atoms with Gasteiger partial charge in [-0.3, -0.25) is 15.1 Å². The molecule has 7 heteroatoms. The summed E-state index contributed by atoms with van der Waals surface area (Å²) in [4.78, 5) is 19.6. The first-order valence-corrected chi connectivity index (χ1v) is 12.1. The van der Waals surface area contributed by atoms with Crippen molar-refractivity contribution in [3.05, 3.63) is 82.0 Å². The minimum atomic E-state index is -0.377. The van der Waals surface area contributed by atoms with Gasteiger partial charge in [0.1, 0.15) is 18.2 Å². The number of thioether (sulfide) groups is 1. The second-order valence-corrected chi connectivity index (χ2v) is 9.68. The Kier molecular flexibility index (Phi) is 5.87. The van der Waals surface area contributed by atoms with Crippen LogP contribution in [0.3, 0.4) is 0 Å². The van der Waals surface area contributed by atoms with Gasteiger partial charge in [-0.25, -0.2) is 0 Å². The number of amidine groups is 2. The predicted octanol–water partition coefficient (Wildman–Crippen LogP) is 5.76. The number of carbonyl (C=O) groups is 1. The first-order chi connectivity index (χ1) is 16.4. The van der Waals surface area contributed by atoms with E-state index in [0.717, 1.165) is 33.5 Å². The Balaban J connectivity index is 1.42. The van der Waals surface area contributed by atoms with Gasteiger partial charge in [0.15, 0.2) is 5.17 Å². The predicted molar refractivity (Wildman–Crippen MR) is 139 cm³/mol. The SMILES string of the molecule is CCc1cc(C)cc(OCCn2cc(/C=C3/C(=N)N4C=C(C)SC4=NC3=O)c3ccccc32)c1. The fourth-order valence-corrected chi connectivity index (χ4v) is 5.12. The smallest absolute Gasteiger partial charge is 0.283 e. The number of allylic oxidation sites excluding steroid dienone is 1. The van der Waals surface area contributed by atoms with Crippen molar-refractivity contribution in [3.8, 4) is 5.75 Å². The molecule has 0 saturated heterocycles. The van der Waals surface area contributed by atoms with Crippen molar-refractivity contribution in [3.63, 3.8) is 0 Å². The van der Waals surface area contributed by atoms with E-state index >= 15 is 0 Å². The summed E-state index contributed by atoms with van der Waals surface area (Å²) in [5.74, 6) is 0.668. The fraction of sp³-hybridized carbons (Fsp3) is 0.222. The minimum Gasteiger partial charge on any atom is -0.492 e. The van der Waals surface area contributed by atoms with Crippen molar-refractivity contribution in [1.29, 1.82) is 5.41 Å². The van der Waals surface area contributed by atoms with Gasteiger partial charge in [0, 0.05) is 33.8 Å². The van der Waals surface area contributed by atoms with E-state index in [1.165, 1.54) is 22.9 Å². The van der Waals surface area contributed by atoms with Gasteiger partial charge in [-0.05, 0) is 55.7 Å². The zero-order valence-corrected chi connectivity index (χ0v) is 20.3. The molecule has 0 aliphatic carbocycles. The third-order valence-corrected chi connectivity index (χ3v) is 6.83. The van der Waals surface area contributed by atoms with E-state index < -0.39 is 0 Å². The van der Waals surface area contributed by atoms with E-state index in [1.54, 1.807) is 11.0 Å². The molecule has 1 aromatic heterocycles. The van der Waals surface area contributed by atoms with E-state index in [1.807, 2.05) is 37.5 Å². The largest absolute Gasteiger partial charge is 0.492 e. The number of ether oxygens (including phenoxy) is 1. The highest BCUT2D eigenvalue weighted by Gasteiger charge is 2.33. The molecule has 0 spiro atoms. The Bertz CT molecular complexity index is 1410. The average Bonchev–Trinajstić information content (AvgIpc) is 3.36. The van der Waals surface area contributed by atoms with Gasteiger partial charge in [0.2, 0.25) is 0 Å². The number of carbonyl (C=O) groups excluding carboxylic acids is 1. The quantitative estimate of drug-likeness (QED) is 0.465. The molecule has 1 amide bonds. The molecule has 0 atom stereocenters. The van der Waals surface area contributed by atoms with Crippen molar-refractivity contribution in [2.75, 3.05) is 6.61 Å². The first kappa shape index (κ1) is 22.2. The molecule has 3 aromatic rings. The summed E-state index contributed by atoms with van der Waals surface area (Å²) in [6.07, 6.45) is 6.63. The number of rotatable bonds is 6. The molecule has 3 heterocycles. The van der Waals surface area contributed by atoms with E-state index in [-0.39, 0.29) is 11.7 Å². The Labute approximate surface area is 203 Å². The lowest BCUT2D eigenvalue weighted by atomic mass is 10.1. The van der Waals surface area contributed by atoms with E-state index in [9.17, 15) is 4.79 Å². The number of para-hydroxylation sites is 1. The Morgan fingerprint density at radius 2 is 2.00 bits per heavy atom. The number of benzene rings is 2. The lowest BCUT2D eigenvalue weighted by Crippen LogP contribution is -2.35. The monoisotopic (exact) mass is 470 g/mol. The van der Waals surface area contributed by atoms with Crippen molar-refractivity contribution in [1.82, 2.24) is 9.47 Å². The van der Waals surface area contributed by atoms with Crippen molar-refractivity contribution in [2.45, 2.75) is 33.7 Å². The van der Waals surface area contributed by atoms with Crippen LogP contribution >= 0.6 is 11.8 Å². The van der Waals surface area contributed by atoms with Crippen molar-refractivity contribution < 1.29 is 9.53 Å². The van der Waals surface area contributed by atoms with Crippen LogP contribution < -0.4 is 4.74 Å². The number of aryl methyl sites for hydroxylation is 2. The Morgan fingerprint density at radius 3 is 2.82 bits per heavy atom. The lowest BCUT2D eigenvalue weighted by molar-refractivity contribution is -0.114. The van der Waals surface area contributed by atoms with Gasteiger partial charge >= 0.3 is 0 Å². The second kappa shape index (κ2) is 8.99. The molecule has 34 heavy (non-hydrogen) atoms. The van der Waals surface area contributed by atoms with E-state index in [4.69, 9.17) is 10.1 Å². The summed E-state index contributed by atoms with van der Waals surface area (Å²) in [5, 5.41) is 10.2. The van der Waals surface area contributed by atoms with Gasteiger partial charge < -0.3 is 9.30 Å². The number of nitrogens with one attached hydrogen (secondary N) is 1. The molecule has 2 aromatic carbocycles. The maximum atomic E-state index is 12.7. The summed E-state index contributed by atoms with van der Waals surface area (Å²) in [5.41, 5.74) is 4.70. The van der Waals surface area contributed by atoms with Crippen LogP contribution in [0.25, 0.3) is 17.0 Å². The number of nitrogens with zero attached hydrogens (tertiary/aromatic N) is 3. The summed E-state index contributed by atoms with van der Waals surface area (Å²) in [6, 6.07) is 14.4. The fourth-order valence-electron chi connectivity index (χ4n) is 4.31. The minimum absolute atomic E-state index is 0.158. The Morgan fingerprint density at radius 1 is 1.18 bits per heavy atom. The van der Waals surface area contributed by atoms with Crippen LogP contribution in [0.1, 0.15) is 30.5 Å². The molecule has 0 unspecified atom stereocenters. The highest BCUT2D eigenvalue weighted by molar-refractivity contribution is 8.17. The maximum Gasteiger partial charge on any atom is 0.283 e. The van der Waals surface area contributed by atoms with Crippen LogP contribution in [0.5, 0.6) is 5.75 Å². The third-order valence-electron chi connectivity index (χ3n) is 5.93. The number of hydrogen-bond acceptors (Lipinski definition) is 4. The van der Waals surface area contributed by atoms with Gasteiger partial charge in [-0.2, -0.15) is 4.99 Å². The molecule has 0 bridgehead atoms. The number of aromatic nitrogens is 1. The van der Waals surface area contributed by atoms with Gasteiger partial charge in [-0.1, -0.05) is 43.0 Å². The average molecular weight is 471 g/mol. The number of fused-ring (bicyclic) bond motifs is 2. The van der Waals surface area contributed by atoms with Gasteiger partial charge in [0.25, 0.3) is 5.91 Å². The van der Waals surface area contributed by atoms with Crippen LogP contribution in [0.15, 0.2) is 70.3 Å². The van der Waals surface area contributed by atoms with E-state index in [2.05, 4.69) is 47.7 Å². The molecule has 0 radical (unpaired) electrons. The molecule has 2 aliphatic rings. The molecule has 6 nitrogen and oxygen atoms in total. The summed E-state index contributed by atoms with van der Waals surface area (Å²) in [6.45, 7) is 7.36. The molecule has 5 rings (SSSR count). The Hall–Kier alpha value is -3.58. The summed E-state index contributed by atoms with van der Waals surface area (Å²) < 4.78 is 8.21. The first-order valence-electron chi connectivity index (χ1n) is 11.3. The molecule has 1 N–H and O–H groups in total. The molecule has 0 fully saturated rings. The second-order valence-electron chi connectivity index (χ2n) is 8.47. The van der Waals surface area contributed by atoms with Crippen LogP contribution in [0.2, 0.25) is 0 Å². The standard InChI is InChI=1S/C27H26N4O2S/c1-4-19-11-17(2)12-21(13-19)33-10-9-30-16-20(22-7-5-6-8-24(22)30)14-23-25(28)31-15-18(3)34-27(31)29-26(23)32/h5-8,11-16,28H,4,9-10H2,1-3H3/b23-14-,28-25?. The number of amides is 1. The highest BCUT2D eigenvalue weighted by Crippen LogP contribution is 2.33. The third kappa shape index (κ3) is 4.19. The van der Waals surface area contributed by atoms with Crippen LogP contribution in [0.4, 0.5) is 0 Å². The van der Waals surface area contributed by atoms with Gasteiger partial charge in [-0.15, -0.1) is 0 Å². The normalized spacial score (nSPS) is 16.8. The lowest BCUT2D eigenvalue weighted by Gasteiger charge is -2.22. The van der Waals surface area contributed by atoms with Crippen molar-refractivity contribution in [2.24, 2.45) is 4.99 Å². The van der Waals surface area contributed by atoms with E-state index in [0.29, 0.717) is 23.9 Å². The molecular formula is C27H26N4O2S. The zero-order valence-electron chi connectivity index (χ0n) is 19.5. The molecule has 2 aliphatic heterocycles. The van der Waals surface area contributed by atoms with Crippen molar-refractivity contribution >= 4 is 45.7 Å². The molecule has 172 valence electrons.